The summed E-state index contributed by atoms with van der Waals surface area (Å²) < 4.78 is 10.5. The van der Waals surface area contributed by atoms with Crippen molar-refractivity contribution >= 4 is 29.5 Å². The molecule has 2 aliphatic rings. The number of amides is 3. The minimum atomic E-state index is -0.470. The molecule has 5 N–H and O–H groups in total. The van der Waals surface area contributed by atoms with Gasteiger partial charge in [0.15, 0.2) is 11.5 Å². The zero-order valence-corrected chi connectivity index (χ0v) is 14.8. The van der Waals surface area contributed by atoms with Crippen molar-refractivity contribution < 1.29 is 23.9 Å². The van der Waals surface area contributed by atoms with E-state index in [-0.39, 0.29) is 43.2 Å². The van der Waals surface area contributed by atoms with Crippen molar-refractivity contribution in [2.45, 2.75) is 30.9 Å². The van der Waals surface area contributed by atoms with E-state index in [1.165, 1.54) is 11.8 Å². The van der Waals surface area contributed by atoms with Crippen molar-refractivity contribution in [3.8, 4) is 11.5 Å². The van der Waals surface area contributed by atoms with Crippen molar-refractivity contribution in [3.05, 3.63) is 23.8 Å². The highest BCUT2D eigenvalue weighted by atomic mass is 32.2. The van der Waals surface area contributed by atoms with Gasteiger partial charge >= 0.3 is 0 Å². The Balaban J connectivity index is 1.42. The lowest BCUT2D eigenvalue weighted by Crippen LogP contribution is -2.55. The molecule has 2 unspecified atom stereocenters. The van der Waals surface area contributed by atoms with E-state index < -0.39 is 11.4 Å². The van der Waals surface area contributed by atoms with Gasteiger partial charge in [-0.05, 0) is 17.7 Å². The molecule has 0 saturated carbocycles. The van der Waals surface area contributed by atoms with Crippen LogP contribution in [-0.4, -0.2) is 41.8 Å². The van der Waals surface area contributed by atoms with E-state index in [0.717, 1.165) is 5.56 Å². The lowest BCUT2D eigenvalue weighted by Gasteiger charge is -2.30. The fourth-order valence-electron chi connectivity index (χ4n) is 2.67. The zero-order chi connectivity index (χ0) is 18.5. The van der Waals surface area contributed by atoms with Crippen LogP contribution in [0.1, 0.15) is 18.4 Å². The minimum Gasteiger partial charge on any atom is -0.454 e. The molecule has 0 radical (unpaired) electrons. The third-order valence-corrected chi connectivity index (χ3v) is 4.88. The Morgan fingerprint density at radius 2 is 2.12 bits per heavy atom. The van der Waals surface area contributed by atoms with Gasteiger partial charge in [0.1, 0.15) is 5.50 Å². The van der Waals surface area contributed by atoms with Crippen LogP contribution in [0.4, 0.5) is 0 Å². The first kappa shape index (κ1) is 18.3. The smallest absolute Gasteiger partial charge is 0.231 e. The molecule has 1 saturated heterocycles. The Morgan fingerprint density at radius 1 is 1.31 bits per heavy atom. The first-order valence-corrected chi connectivity index (χ1v) is 9.15. The maximum Gasteiger partial charge on any atom is 0.231 e. The van der Waals surface area contributed by atoms with Crippen molar-refractivity contribution in [1.29, 1.82) is 0 Å². The number of carbonyl (C=O) groups is 3. The van der Waals surface area contributed by atoms with Crippen LogP contribution in [0.25, 0.3) is 0 Å². The van der Waals surface area contributed by atoms with Crippen LogP contribution in [0.3, 0.4) is 0 Å². The predicted molar refractivity (Wildman–Crippen MR) is 94.2 cm³/mol. The average Bonchev–Trinajstić information content (AvgIpc) is 3.04. The third-order valence-electron chi connectivity index (χ3n) is 3.87. The summed E-state index contributed by atoms with van der Waals surface area (Å²) >= 11 is 1.24. The monoisotopic (exact) mass is 380 g/mol. The Hall–Kier alpha value is -2.46. The number of nitrogens with two attached hydrogens (primary N) is 1. The molecule has 0 spiro atoms. The number of nitrogens with one attached hydrogen (secondary N) is 3. The zero-order valence-electron chi connectivity index (χ0n) is 13.9. The Bertz CT molecular complexity index is 712. The van der Waals surface area contributed by atoms with E-state index in [1.807, 2.05) is 12.1 Å². The molecule has 0 aromatic heterocycles. The number of fused-ring (bicyclic) bond motifs is 1. The van der Waals surface area contributed by atoms with Crippen molar-refractivity contribution in [2.24, 2.45) is 5.73 Å². The molecule has 1 fully saturated rings. The van der Waals surface area contributed by atoms with Gasteiger partial charge in [-0.2, -0.15) is 0 Å². The van der Waals surface area contributed by atoms with Crippen LogP contribution in [0.2, 0.25) is 0 Å². The second-order valence-electron chi connectivity index (χ2n) is 5.96. The number of carbonyl (C=O) groups excluding carboxylic acids is 3. The number of primary amides is 1. The number of rotatable bonds is 7. The summed E-state index contributed by atoms with van der Waals surface area (Å²) in [5, 5.41) is 8.63. The molecular weight excluding hydrogens is 360 g/mol. The number of hydrogen-bond donors (Lipinski definition) is 4. The summed E-state index contributed by atoms with van der Waals surface area (Å²) in [6.45, 7) is 0.573. The van der Waals surface area contributed by atoms with Crippen LogP contribution >= 0.6 is 11.8 Å². The highest BCUT2D eigenvalue weighted by Gasteiger charge is 2.27. The van der Waals surface area contributed by atoms with Gasteiger partial charge in [-0.15, -0.1) is 11.8 Å². The highest BCUT2D eigenvalue weighted by molar-refractivity contribution is 8.00. The molecule has 2 aliphatic heterocycles. The third kappa shape index (κ3) is 5.02. The normalized spacial score (nSPS) is 21.2. The van der Waals surface area contributed by atoms with Gasteiger partial charge in [0.05, 0.1) is 5.75 Å². The van der Waals surface area contributed by atoms with Crippen LogP contribution in [0, 0.1) is 0 Å². The van der Waals surface area contributed by atoms with Gasteiger partial charge in [-0.3, -0.25) is 19.7 Å². The quantitative estimate of drug-likeness (QED) is 0.497. The molecular formula is C16H20N4O5S. The standard InChI is InChI=1S/C16H20N4O5S/c17-13(21)4-10-5-14(22)20-16(19-10)26-7-15(23)18-6-9-1-2-11-12(3-9)25-8-24-11/h1-3,10,16,19H,4-8H2,(H2,17,21)(H,18,23)(H,20,22). The number of benzene rings is 1. The van der Waals surface area contributed by atoms with Crippen molar-refractivity contribution in [2.75, 3.05) is 12.5 Å². The van der Waals surface area contributed by atoms with E-state index >= 15 is 0 Å². The fourth-order valence-corrected chi connectivity index (χ4v) is 3.59. The van der Waals surface area contributed by atoms with E-state index in [0.29, 0.717) is 18.0 Å². The van der Waals surface area contributed by atoms with Gasteiger partial charge in [0.2, 0.25) is 24.5 Å². The SMILES string of the molecule is NC(=O)CC1CC(=O)NC(SCC(=O)NCc2ccc3c(c2)OCO3)N1. The maximum atomic E-state index is 12.0. The van der Waals surface area contributed by atoms with Crippen molar-refractivity contribution in [3.63, 3.8) is 0 Å². The van der Waals surface area contributed by atoms with Crippen LogP contribution in [0.5, 0.6) is 11.5 Å². The van der Waals surface area contributed by atoms with Crippen LogP contribution in [-0.2, 0) is 20.9 Å². The predicted octanol–water partition coefficient (Wildman–Crippen LogP) is -0.598. The summed E-state index contributed by atoms with van der Waals surface area (Å²) in [6, 6.07) is 5.18. The van der Waals surface area contributed by atoms with Crippen LogP contribution in [0.15, 0.2) is 18.2 Å². The van der Waals surface area contributed by atoms with Gasteiger partial charge in [0.25, 0.3) is 0 Å². The van der Waals surface area contributed by atoms with E-state index in [2.05, 4.69) is 16.0 Å². The van der Waals surface area contributed by atoms with Crippen LogP contribution < -0.4 is 31.2 Å². The Labute approximate surface area is 154 Å². The molecule has 140 valence electrons. The fraction of sp³-hybridized carbons (Fsp3) is 0.438. The number of hydrogen-bond acceptors (Lipinski definition) is 7. The van der Waals surface area contributed by atoms with Gasteiger partial charge in [0, 0.05) is 25.4 Å². The maximum absolute atomic E-state index is 12.0. The molecule has 2 heterocycles. The molecule has 2 atom stereocenters. The molecule has 3 rings (SSSR count). The van der Waals surface area contributed by atoms with Gasteiger partial charge in [-0.25, -0.2) is 0 Å². The lowest BCUT2D eigenvalue weighted by atomic mass is 10.1. The first-order chi connectivity index (χ1) is 12.5. The first-order valence-electron chi connectivity index (χ1n) is 8.10. The second kappa shape index (κ2) is 8.28. The summed E-state index contributed by atoms with van der Waals surface area (Å²) in [4.78, 5) is 34.7. The number of thioether (sulfide) groups is 1. The molecule has 1 aromatic carbocycles. The van der Waals surface area contributed by atoms with Gasteiger partial charge in [-0.1, -0.05) is 6.07 Å². The van der Waals surface area contributed by atoms with Gasteiger partial charge < -0.3 is 25.8 Å². The molecule has 9 nitrogen and oxygen atoms in total. The second-order valence-corrected chi connectivity index (χ2v) is 7.05. The minimum absolute atomic E-state index is 0.0841. The molecule has 1 aromatic rings. The lowest BCUT2D eigenvalue weighted by molar-refractivity contribution is -0.124. The van der Waals surface area contributed by atoms with Crippen molar-refractivity contribution in [1.82, 2.24) is 16.0 Å². The summed E-state index contributed by atoms with van der Waals surface area (Å²) in [6.07, 6.45) is 0.275. The summed E-state index contributed by atoms with van der Waals surface area (Å²) in [7, 11) is 0. The molecule has 3 amide bonds. The van der Waals surface area contributed by atoms with E-state index in [1.54, 1.807) is 6.07 Å². The Kier molecular flexibility index (Phi) is 5.84. The Morgan fingerprint density at radius 3 is 2.92 bits per heavy atom. The topological polar surface area (TPSA) is 132 Å². The van der Waals surface area contributed by atoms with E-state index in [4.69, 9.17) is 15.2 Å². The largest absolute Gasteiger partial charge is 0.454 e. The molecule has 26 heavy (non-hydrogen) atoms. The average molecular weight is 380 g/mol. The molecule has 10 heteroatoms. The van der Waals surface area contributed by atoms with E-state index in [9.17, 15) is 14.4 Å². The number of ether oxygens (including phenoxy) is 2. The molecule has 0 bridgehead atoms. The molecule has 0 aliphatic carbocycles. The summed E-state index contributed by atoms with van der Waals surface area (Å²) in [5.41, 5.74) is 5.63. The summed E-state index contributed by atoms with van der Waals surface area (Å²) in [5.74, 6) is 0.712. The highest BCUT2D eigenvalue weighted by Crippen LogP contribution is 2.32.